The summed E-state index contributed by atoms with van der Waals surface area (Å²) in [4.78, 5) is 0. The zero-order chi connectivity index (χ0) is 8.36. The molecular weight excluding hydrogens is 171 g/mol. The fraction of sp³-hybridized carbons (Fsp3) is 0.600. The van der Waals surface area contributed by atoms with Crippen molar-refractivity contribution in [1.82, 2.24) is 0 Å². The molecule has 0 spiro atoms. The van der Waals surface area contributed by atoms with Crippen molar-refractivity contribution in [3.8, 4) is 0 Å². The van der Waals surface area contributed by atoms with Crippen LogP contribution in [0.4, 0.5) is 17.6 Å². The normalized spacial score (nSPS) is 17.2. The van der Waals surface area contributed by atoms with Crippen molar-refractivity contribution >= 4 is 11.6 Å². The fourth-order valence-corrected chi connectivity index (χ4v) is 0.424. The second kappa shape index (κ2) is 3.23. The minimum atomic E-state index is -4.84. The zero-order valence-electron chi connectivity index (χ0n) is 5.04. The van der Waals surface area contributed by atoms with E-state index in [1.54, 1.807) is 0 Å². The van der Waals surface area contributed by atoms with Crippen molar-refractivity contribution in [2.75, 3.05) is 0 Å². The summed E-state index contributed by atoms with van der Waals surface area (Å²) in [7, 11) is 0. The maximum atomic E-state index is 12.0. The number of rotatable bonds is 1. The predicted octanol–water partition coefficient (Wildman–Crippen LogP) is 3.03. The van der Waals surface area contributed by atoms with E-state index in [0.717, 1.165) is 6.92 Å². The minimum absolute atomic E-state index is 0.533. The summed E-state index contributed by atoms with van der Waals surface area (Å²) >= 11 is 4.85. The van der Waals surface area contributed by atoms with Gasteiger partial charge in [-0.15, -0.1) is 0 Å². The summed E-state index contributed by atoms with van der Waals surface area (Å²) in [5.74, 6) is 0. The molecule has 0 aromatic heterocycles. The van der Waals surface area contributed by atoms with E-state index >= 15 is 0 Å². The third-order valence-electron chi connectivity index (χ3n) is 0.859. The smallest absolute Gasteiger partial charge is 0.233 e. The average molecular weight is 177 g/mol. The van der Waals surface area contributed by atoms with E-state index in [4.69, 9.17) is 11.6 Å². The van der Waals surface area contributed by atoms with Gasteiger partial charge in [0.25, 0.3) is 0 Å². The highest BCUT2D eigenvalue weighted by Gasteiger charge is 2.40. The molecule has 60 valence electrons. The van der Waals surface area contributed by atoms with Crippen molar-refractivity contribution in [1.29, 1.82) is 0 Å². The van der Waals surface area contributed by atoms with Gasteiger partial charge in [0.1, 0.15) is 0 Å². The molecule has 0 saturated heterocycles. The van der Waals surface area contributed by atoms with Crippen LogP contribution in [0.15, 0.2) is 11.1 Å². The molecule has 0 heterocycles. The Labute approximate surface area is 60.5 Å². The standard InChI is InChI=1S/C5H5ClF4/c1-3(2-6)4(7)5(8,9)10/h2,4H,1H3/b3-2+. The molecule has 5 heteroatoms. The van der Waals surface area contributed by atoms with Crippen LogP contribution < -0.4 is 0 Å². The lowest BCUT2D eigenvalue weighted by Crippen LogP contribution is -2.24. The molecule has 10 heavy (non-hydrogen) atoms. The Morgan fingerprint density at radius 1 is 1.50 bits per heavy atom. The largest absolute Gasteiger partial charge is 0.423 e. The van der Waals surface area contributed by atoms with Crippen LogP contribution in [0.2, 0.25) is 0 Å². The molecule has 0 aliphatic carbocycles. The SMILES string of the molecule is C/C(=C\Cl)C(F)C(F)(F)F. The lowest BCUT2D eigenvalue weighted by atomic mass is 10.2. The Bertz CT molecular complexity index is 137. The van der Waals surface area contributed by atoms with E-state index in [0.29, 0.717) is 5.54 Å². The van der Waals surface area contributed by atoms with Crippen molar-refractivity contribution in [3.05, 3.63) is 11.1 Å². The molecule has 0 aromatic rings. The van der Waals surface area contributed by atoms with Crippen molar-refractivity contribution in [3.63, 3.8) is 0 Å². The van der Waals surface area contributed by atoms with Crippen LogP contribution in [-0.4, -0.2) is 12.3 Å². The van der Waals surface area contributed by atoms with Gasteiger partial charge in [-0.1, -0.05) is 11.6 Å². The first-order valence-electron chi connectivity index (χ1n) is 2.37. The molecule has 0 rings (SSSR count). The first kappa shape index (κ1) is 9.75. The van der Waals surface area contributed by atoms with Gasteiger partial charge in [-0.2, -0.15) is 13.2 Å². The van der Waals surface area contributed by atoms with Crippen LogP contribution in [-0.2, 0) is 0 Å². The molecule has 0 aromatic carbocycles. The number of halogens is 5. The summed E-state index contributed by atoms with van der Waals surface area (Å²) in [6.07, 6.45) is -7.78. The molecule has 0 fully saturated rings. The van der Waals surface area contributed by atoms with Crippen LogP contribution in [0.3, 0.4) is 0 Å². The molecular formula is C5H5ClF4. The topological polar surface area (TPSA) is 0 Å². The van der Waals surface area contributed by atoms with Gasteiger partial charge in [0.15, 0.2) is 0 Å². The Balaban J connectivity index is 4.23. The van der Waals surface area contributed by atoms with Gasteiger partial charge in [0.2, 0.25) is 6.17 Å². The molecule has 0 nitrogen and oxygen atoms in total. The monoisotopic (exact) mass is 176 g/mol. The Hall–Kier alpha value is -0.250. The van der Waals surface area contributed by atoms with Crippen LogP contribution in [0, 0.1) is 0 Å². The van der Waals surface area contributed by atoms with Crippen molar-refractivity contribution < 1.29 is 17.6 Å². The lowest BCUT2D eigenvalue weighted by Gasteiger charge is -2.11. The Morgan fingerprint density at radius 2 is 1.90 bits per heavy atom. The van der Waals surface area contributed by atoms with E-state index < -0.39 is 17.9 Å². The van der Waals surface area contributed by atoms with Gasteiger partial charge >= 0.3 is 6.18 Å². The molecule has 0 aliphatic rings. The summed E-state index contributed by atoms with van der Waals surface area (Å²) in [6.45, 7) is 0.977. The second-order valence-corrected chi connectivity index (χ2v) is 1.98. The first-order valence-corrected chi connectivity index (χ1v) is 2.81. The first-order chi connectivity index (χ1) is 4.39. The molecule has 1 atom stereocenters. The molecule has 0 radical (unpaired) electrons. The summed E-state index contributed by atoms with van der Waals surface area (Å²) in [6, 6.07) is 0. The van der Waals surface area contributed by atoms with E-state index in [-0.39, 0.29) is 0 Å². The molecule has 0 saturated carbocycles. The molecule has 0 bridgehead atoms. The second-order valence-electron chi connectivity index (χ2n) is 1.76. The highest BCUT2D eigenvalue weighted by molar-refractivity contribution is 6.25. The predicted molar refractivity (Wildman–Crippen MR) is 30.6 cm³/mol. The lowest BCUT2D eigenvalue weighted by molar-refractivity contribution is -0.169. The number of allylic oxidation sites excluding steroid dienone is 1. The number of hydrogen-bond acceptors (Lipinski definition) is 0. The van der Waals surface area contributed by atoms with E-state index in [1.807, 2.05) is 0 Å². The summed E-state index contributed by atoms with van der Waals surface area (Å²) < 4.78 is 46.3. The summed E-state index contributed by atoms with van der Waals surface area (Å²) in [5.41, 5.74) is 0.0483. The van der Waals surface area contributed by atoms with Crippen molar-refractivity contribution in [2.45, 2.75) is 19.3 Å². The third-order valence-corrected chi connectivity index (χ3v) is 1.20. The van der Waals surface area contributed by atoms with Gasteiger partial charge in [-0.25, -0.2) is 4.39 Å². The molecule has 0 amide bonds. The number of alkyl halides is 4. The average Bonchev–Trinajstić information content (AvgIpc) is 1.83. The van der Waals surface area contributed by atoms with E-state index in [1.165, 1.54) is 0 Å². The van der Waals surface area contributed by atoms with Crippen LogP contribution in [0.1, 0.15) is 6.92 Å². The summed E-state index contributed by atoms with van der Waals surface area (Å²) in [5, 5.41) is 0. The number of hydrogen-bond donors (Lipinski definition) is 0. The fourth-order valence-electron chi connectivity index (χ4n) is 0.313. The van der Waals surface area contributed by atoms with Crippen molar-refractivity contribution in [2.24, 2.45) is 0 Å². The highest BCUT2D eigenvalue weighted by Crippen LogP contribution is 2.28. The van der Waals surface area contributed by atoms with Gasteiger partial charge in [-0.05, 0) is 12.5 Å². The maximum absolute atomic E-state index is 12.0. The van der Waals surface area contributed by atoms with Crippen LogP contribution >= 0.6 is 11.6 Å². The van der Waals surface area contributed by atoms with Crippen LogP contribution in [0.25, 0.3) is 0 Å². The van der Waals surface area contributed by atoms with Gasteiger partial charge in [-0.3, -0.25) is 0 Å². The maximum Gasteiger partial charge on any atom is 0.423 e. The van der Waals surface area contributed by atoms with E-state index in [9.17, 15) is 17.6 Å². The molecule has 1 unspecified atom stereocenters. The third kappa shape index (κ3) is 2.56. The minimum Gasteiger partial charge on any atom is -0.233 e. The molecule has 0 aliphatic heterocycles. The van der Waals surface area contributed by atoms with Crippen LogP contribution in [0.5, 0.6) is 0 Å². The van der Waals surface area contributed by atoms with Gasteiger partial charge in [0, 0.05) is 5.54 Å². The Morgan fingerprint density at radius 3 is 2.00 bits per heavy atom. The Kier molecular flexibility index (Phi) is 3.15. The zero-order valence-corrected chi connectivity index (χ0v) is 5.80. The van der Waals surface area contributed by atoms with Gasteiger partial charge in [0.05, 0.1) is 0 Å². The van der Waals surface area contributed by atoms with E-state index in [2.05, 4.69) is 0 Å². The van der Waals surface area contributed by atoms with Gasteiger partial charge < -0.3 is 0 Å². The molecule has 0 N–H and O–H groups in total. The highest BCUT2D eigenvalue weighted by atomic mass is 35.5. The quantitative estimate of drug-likeness (QED) is 0.539.